The molecule has 2 atom stereocenters. The van der Waals surface area contributed by atoms with E-state index in [9.17, 15) is 5.11 Å². The Hall–Kier alpha value is -0.280. The molecule has 0 amide bonds. The van der Waals surface area contributed by atoms with Crippen LogP contribution in [0.25, 0.3) is 0 Å². The van der Waals surface area contributed by atoms with Gasteiger partial charge >= 0.3 is 0 Å². The minimum absolute atomic E-state index is 0.265. The summed E-state index contributed by atoms with van der Waals surface area (Å²) in [6.45, 7) is 2.36. The third kappa shape index (κ3) is 2.51. The lowest BCUT2D eigenvalue weighted by Gasteiger charge is -2.15. The van der Waals surface area contributed by atoms with Crippen LogP contribution < -0.4 is 5.32 Å². The average molecular weight is 260 g/mol. The molecule has 0 radical (unpaired) electrons. The normalized spacial score (nSPS) is 20.9. The fourth-order valence-electron chi connectivity index (χ4n) is 2.17. The van der Waals surface area contributed by atoms with Crippen LogP contribution in [0.3, 0.4) is 0 Å². The van der Waals surface area contributed by atoms with Crippen molar-refractivity contribution < 1.29 is 5.11 Å². The van der Waals surface area contributed by atoms with Crippen molar-refractivity contribution in [1.82, 2.24) is 5.32 Å². The van der Waals surface area contributed by atoms with Crippen LogP contribution in [0, 0.1) is 0 Å². The largest absolute Gasteiger partial charge is 0.392 e. The maximum absolute atomic E-state index is 9.26. The second-order valence-corrected chi connectivity index (χ2v) is 5.15. The smallest absolute Gasteiger partial charge is 0.0636 e. The Morgan fingerprint density at radius 2 is 2.25 bits per heavy atom. The number of aliphatic hydroxyl groups is 1. The molecule has 2 N–H and O–H groups in total. The zero-order valence-corrected chi connectivity index (χ0v) is 10.6. The van der Waals surface area contributed by atoms with Gasteiger partial charge < -0.3 is 10.4 Å². The predicted molar refractivity (Wildman–Crippen MR) is 67.2 cm³/mol. The van der Waals surface area contributed by atoms with E-state index in [1.54, 1.807) is 13.0 Å². The number of aliphatic hydroxyl groups excluding tert-OH is 1. The average Bonchev–Trinajstić information content (AvgIpc) is 2.58. The topological polar surface area (TPSA) is 32.3 Å². The number of nitrogens with one attached hydrogen (secondary N) is 1. The zero-order valence-electron chi connectivity index (χ0n) is 9.13. The van der Waals surface area contributed by atoms with E-state index < -0.39 is 0 Å². The predicted octanol–water partition coefficient (Wildman–Crippen LogP) is 2.95. The zero-order chi connectivity index (χ0) is 11.7. The van der Waals surface area contributed by atoms with Gasteiger partial charge in [-0.25, -0.2) is 0 Å². The van der Waals surface area contributed by atoms with E-state index in [1.807, 2.05) is 6.07 Å². The van der Waals surface area contributed by atoms with Crippen molar-refractivity contribution in [2.24, 2.45) is 0 Å². The summed E-state index contributed by atoms with van der Waals surface area (Å²) in [6, 6.07) is 4.02. The van der Waals surface area contributed by atoms with Gasteiger partial charge in [-0.05, 0) is 43.0 Å². The van der Waals surface area contributed by atoms with Gasteiger partial charge in [0.1, 0.15) is 0 Å². The van der Waals surface area contributed by atoms with Crippen molar-refractivity contribution in [2.75, 3.05) is 6.54 Å². The van der Waals surface area contributed by atoms with Gasteiger partial charge in [-0.3, -0.25) is 0 Å². The molecule has 0 aromatic heterocycles. The number of fused-ring (bicyclic) bond motifs is 1. The highest BCUT2D eigenvalue weighted by Gasteiger charge is 2.24. The third-order valence-corrected chi connectivity index (χ3v) is 3.47. The van der Waals surface area contributed by atoms with Gasteiger partial charge in [-0.2, -0.15) is 0 Å². The summed E-state index contributed by atoms with van der Waals surface area (Å²) in [4.78, 5) is 0. The molecule has 4 heteroatoms. The molecule has 0 saturated carbocycles. The van der Waals surface area contributed by atoms with Crippen molar-refractivity contribution in [3.05, 3.63) is 33.3 Å². The SMILES string of the molecule is C[C@@H](O)CNC1CCc2c(Cl)cc(Cl)cc21. The van der Waals surface area contributed by atoms with E-state index in [2.05, 4.69) is 5.32 Å². The van der Waals surface area contributed by atoms with Gasteiger partial charge in [-0.15, -0.1) is 0 Å². The number of hydrogen-bond donors (Lipinski definition) is 2. The van der Waals surface area contributed by atoms with E-state index in [1.165, 1.54) is 11.1 Å². The minimum atomic E-state index is -0.335. The summed E-state index contributed by atoms with van der Waals surface area (Å²) < 4.78 is 0. The van der Waals surface area contributed by atoms with E-state index in [4.69, 9.17) is 23.2 Å². The number of halogens is 2. The van der Waals surface area contributed by atoms with Crippen LogP contribution in [0.4, 0.5) is 0 Å². The van der Waals surface area contributed by atoms with E-state index >= 15 is 0 Å². The van der Waals surface area contributed by atoms with Crippen LogP contribution in [0.5, 0.6) is 0 Å². The first-order chi connectivity index (χ1) is 7.58. The molecule has 0 saturated heterocycles. The summed E-state index contributed by atoms with van der Waals surface area (Å²) in [5, 5.41) is 14.0. The van der Waals surface area contributed by atoms with Gasteiger partial charge in [-0.1, -0.05) is 23.2 Å². The lowest BCUT2D eigenvalue weighted by Crippen LogP contribution is -2.27. The van der Waals surface area contributed by atoms with Crippen LogP contribution in [0.15, 0.2) is 12.1 Å². The van der Waals surface area contributed by atoms with Crippen molar-refractivity contribution in [3.8, 4) is 0 Å². The van der Waals surface area contributed by atoms with Crippen LogP contribution in [0.2, 0.25) is 10.0 Å². The Morgan fingerprint density at radius 3 is 2.94 bits per heavy atom. The molecular formula is C12H15Cl2NO. The summed E-state index contributed by atoms with van der Waals surface area (Å²) in [6.07, 6.45) is 1.66. The molecule has 1 aromatic carbocycles. The standard InChI is InChI=1S/C12H15Cl2NO/c1-7(16)6-15-12-3-2-9-10(12)4-8(13)5-11(9)14/h4-5,7,12,15-16H,2-3,6H2,1H3/t7-,12?/m1/s1. The van der Waals surface area contributed by atoms with Gasteiger partial charge in [0.05, 0.1) is 6.10 Å². The number of hydrogen-bond acceptors (Lipinski definition) is 2. The molecule has 2 nitrogen and oxygen atoms in total. The van der Waals surface area contributed by atoms with Crippen molar-refractivity contribution in [2.45, 2.75) is 31.9 Å². The van der Waals surface area contributed by atoms with Crippen molar-refractivity contribution in [3.63, 3.8) is 0 Å². The highest BCUT2D eigenvalue weighted by molar-refractivity contribution is 6.35. The molecule has 1 aromatic rings. The molecule has 1 aliphatic carbocycles. The third-order valence-electron chi connectivity index (χ3n) is 2.91. The lowest BCUT2D eigenvalue weighted by atomic mass is 10.1. The van der Waals surface area contributed by atoms with Crippen LogP contribution >= 0.6 is 23.2 Å². The van der Waals surface area contributed by atoms with Crippen LogP contribution in [-0.2, 0) is 6.42 Å². The molecule has 88 valence electrons. The maximum atomic E-state index is 9.26. The molecule has 0 bridgehead atoms. The van der Waals surface area contributed by atoms with E-state index in [0.29, 0.717) is 11.6 Å². The molecule has 1 unspecified atom stereocenters. The molecule has 1 aliphatic rings. The summed E-state index contributed by atoms with van der Waals surface area (Å²) in [5.74, 6) is 0. The Bertz CT molecular complexity index is 393. The monoisotopic (exact) mass is 259 g/mol. The summed E-state index contributed by atoms with van der Waals surface area (Å²) in [5.41, 5.74) is 2.37. The van der Waals surface area contributed by atoms with E-state index in [0.717, 1.165) is 17.9 Å². The number of benzene rings is 1. The first-order valence-corrected chi connectivity index (χ1v) is 6.23. The lowest BCUT2D eigenvalue weighted by molar-refractivity contribution is 0.186. The van der Waals surface area contributed by atoms with Crippen LogP contribution in [-0.4, -0.2) is 17.8 Å². The first kappa shape index (κ1) is 12.2. The second-order valence-electron chi connectivity index (χ2n) is 4.30. The van der Waals surface area contributed by atoms with Gasteiger partial charge in [0.15, 0.2) is 0 Å². The summed E-state index contributed by atoms with van der Waals surface area (Å²) >= 11 is 12.1. The first-order valence-electron chi connectivity index (χ1n) is 5.47. The molecule has 0 heterocycles. The van der Waals surface area contributed by atoms with Gasteiger partial charge in [0, 0.05) is 22.6 Å². The Balaban J connectivity index is 2.19. The van der Waals surface area contributed by atoms with Crippen molar-refractivity contribution >= 4 is 23.2 Å². The van der Waals surface area contributed by atoms with Gasteiger partial charge in [0.2, 0.25) is 0 Å². The maximum Gasteiger partial charge on any atom is 0.0636 e. The fourth-order valence-corrected chi connectivity index (χ4v) is 2.77. The Labute approximate surface area is 106 Å². The second kappa shape index (κ2) is 4.92. The fraction of sp³-hybridized carbons (Fsp3) is 0.500. The molecule has 2 rings (SSSR count). The highest BCUT2D eigenvalue weighted by atomic mass is 35.5. The number of rotatable bonds is 3. The molecule has 0 spiro atoms. The Kier molecular flexibility index (Phi) is 3.75. The molecule has 16 heavy (non-hydrogen) atoms. The Morgan fingerprint density at radius 1 is 1.50 bits per heavy atom. The highest BCUT2D eigenvalue weighted by Crippen LogP contribution is 2.37. The van der Waals surface area contributed by atoms with Crippen molar-refractivity contribution in [1.29, 1.82) is 0 Å². The minimum Gasteiger partial charge on any atom is -0.392 e. The summed E-state index contributed by atoms with van der Waals surface area (Å²) in [7, 11) is 0. The van der Waals surface area contributed by atoms with Crippen LogP contribution in [0.1, 0.15) is 30.5 Å². The molecule has 0 aliphatic heterocycles. The quantitative estimate of drug-likeness (QED) is 0.875. The molecular weight excluding hydrogens is 245 g/mol. The van der Waals surface area contributed by atoms with E-state index in [-0.39, 0.29) is 12.1 Å². The molecule has 0 fully saturated rings. The van der Waals surface area contributed by atoms with Gasteiger partial charge in [0.25, 0.3) is 0 Å².